The smallest absolute Gasteiger partial charge is 0.286 e. The average Bonchev–Trinajstić information content (AvgIpc) is 3.22. The molecule has 0 unspecified atom stereocenters. The molecule has 3 aromatic rings. The van der Waals surface area contributed by atoms with Crippen molar-refractivity contribution in [1.29, 1.82) is 0 Å². The van der Waals surface area contributed by atoms with Gasteiger partial charge in [0.15, 0.2) is 5.76 Å². The van der Waals surface area contributed by atoms with E-state index in [0.29, 0.717) is 5.69 Å². The fraction of sp³-hybridized carbons (Fsp3) is 0.0909. The molecule has 1 heterocycles. The molecule has 0 radical (unpaired) electrons. The Labute approximate surface area is 157 Å². The monoisotopic (exact) mass is 358 g/mol. The van der Waals surface area contributed by atoms with Gasteiger partial charge in [0.25, 0.3) is 5.91 Å². The molecule has 2 amide bonds. The third kappa shape index (κ3) is 5.62. The lowest BCUT2D eigenvalue weighted by Gasteiger charge is -2.06. The number of amides is 2. The third-order valence-electron chi connectivity index (χ3n) is 3.65. The van der Waals surface area contributed by atoms with Crippen LogP contribution in [0.4, 0.5) is 5.69 Å². The lowest BCUT2D eigenvalue weighted by atomic mass is 10.1. The Hall–Kier alpha value is -3.78. The number of rotatable bonds is 5. The van der Waals surface area contributed by atoms with Crippen LogP contribution in [0.2, 0.25) is 0 Å². The predicted octanol–water partition coefficient (Wildman–Crippen LogP) is 3.44. The number of hydrogen-bond donors (Lipinski definition) is 2. The summed E-state index contributed by atoms with van der Waals surface area (Å²) in [6, 6.07) is 20.2. The van der Waals surface area contributed by atoms with E-state index >= 15 is 0 Å². The molecule has 134 valence electrons. The van der Waals surface area contributed by atoms with E-state index in [0.717, 1.165) is 11.1 Å². The van der Waals surface area contributed by atoms with Crippen molar-refractivity contribution in [2.45, 2.75) is 6.42 Å². The first-order valence-electron chi connectivity index (χ1n) is 8.49. The van der Waals surface area contributed by atoms with E-state index in [-0.39, 0.29) is 30.5 Å². The van der Waals surface area contributed by atoms with Crippen LogP contribution in [-0.2, 0) is 4.79 Å². The van der Waals surface area contributed by atoms with Gasteiger partial charge in [0, 0.05) is 29.8 Å². The highest BCUT2D eigenvalue weighted by Gasteiger charge is 2.09. The summed E-state index contributed by atoms with van der Waals surface area (Å²) in [6.45, 7) is 0.221. The van der Waals surface area contributed by atoms with Crippen molar-refractivity contribution in [1.82, 2.24) is 5.32 Å². The largest absolute Gasteiger partial charge is 0.459 e. The Balaban J connectivity index is 1.51. The number of nitrogens with one attached hydrogen (secondary N) is 2. The molecule has 0 aliphatic heterocycles. The molecule has 0 fully saturated rings. The summed E-state index contributed by atoms with van der Waals surface area (Å²) < 4.78 is 4.99. The molecule has 3 rings (SSSR count). The summed E-state index contributed by atoms with van der Waals surface area (Å²) in [7, 11) is 0. The Kier molecular flexibility index (Phi) is 6.05. The van der Waals surface area contributed by atoms with Crippen LogP contribution in [0.1, 0.15) is 28.1 Å². The Bertz CT molecular complexity index is 968. The highest BCUT2D eigenvalue weighted by molar-refractivity contribution is 5.93. The van der Waals surface area contributed by atoms with Crippen LogP contribution in [0.3, 0.4) is 0 Å². The molecule has 27 heavy (non-hydrogen) atoms. The Morgan fingerprint density at radius 2 is 1.67 bits per heavy atom. The first-order chi connectivity index (χ1) is 13.2. The first kappa shape index (κ1) is 18.0. The van der Waals surface area contributed by atoms with Gasteiger partial charge in [-0.3, -0.25) is 9.59 Å². The summed E-state index contributed by atoms with van der Waals surface area (Å²) >= 11 is 0. The van der Waals surface area contributed by atoms with Crippen molar-refractivity contribution in [2.75, 3.05) is 11.9 Å². The fourth-order valence-electron chi connectivity index (χ4n) is 2.35. The van der Waals surface area contributed by atoms with Gasteiger partial charge in [0.1, 0.15) is 0 Å². The number of furan rings is 1. The minimum Gasteiger partial charge on any atom is -0.459 e. The molecular formula is C22H18N2O3. The van der Waals surface area contributed by atoms with Crippen LogP contribution in [-0.4, -0.2) is 18.4 Å². The van der Waals surface area contributed by atoms with Gasteiger partial charge in [-0.25, -0.2) is 0 Å². The van der Waals surface area contributed by atoms with Crippen LogP contribution >= 0.6 is 0 Å². The Morgan fingerprint density at radius 3 is 2.44 bits per heavy atom. The Morgan fingerprint density at radius 1 is 0.889 bits per heavy atom. The van der Waals surface area contributed by atoms with Gasteiger partial charge in [-0.2, -0.15) is 0 Å². The zero-order chi connectivity index (χ0) is 18.9. The van der Waals surface area contributed by atoms with Gasteiger partial charge in [0.05, 0.1) is 6.26 Å². The number of carbonyl (C=O) groups excluding carboxylic acids is 2. The molecule has 0 aliphatic rings. The van der Waals surface area contributed by atoms with Crippen molar-refractivity contribution < 1.29 is 14.0 Å². The highest BCUT2D eigenvalue weighted by Crippen LogP contribution is 2.10. The topological polar surface area (TPSA) is 71.3 Å². The van der Waals surface area contributed by atoms with Gasteiger partial charge in [-0.15, -0.1) is 0 Å². The van der Waals surface area contributed by atoms with E-state index in [1.54, 1.807) is 18.2 Å². The molecule has 0 bridgehead atoms. The fourth-order valence-corrected chi connectivity index (χ4v) is 2.35. The van der Waals surface area contributed by atoms with Crippen molar-refractivity contribution in [3.63, 3.8) is 0 Å². The van der Waals surface area contributed by atoms with Crippen molar-refractivity contribution in [2.24, 2.45) is 0 Å². The second kappa shape index (κ2) is 9.07. The van der Waals surface area contributed by atoms with E-state index < -0.39 is 0 Å². The second-order valence-electron chi connectivity index (χ2n) is 5.73. The lowest BCUT2D eigenvalue weighted by molar-refractivity contribution is -0.116. The molecule has 5 nitrogen and oxygen atoms in total. The van der Waals surface area contributed by atoms with Gasteiger partial charge in [-0.1, -0.05) is 36.1 Å². The molecule has 5 heteroatoms. The van der Waals surface area contributed by atoms with E-state index in [9.17, 15) is 9.59 Å². The van der Waals surface area contributed by atoms with E-state index in [2.05, 4.69) is 22.5 Å². The molecular weight excluding hydrogens is 340 g/mol. The average molecular weight is 358 g/mol. The van der Waals surface area contributed by atoms with E-state index in [4.69, 9.17) is 4.42 Å². The molecule has 1 aromatic heterocycles. The quantitative estimate of drug-likeness (QED) is 0.687. The normalized spacial score (nSPS) is 9.78. The zero-order valence-electron chi connectivity index (χ0n) is 14.6. The zero-order valence-corrected chi connectivity index (χ0v) is 14.6. The summed E-state index contributed by atoms with van der Waals surface area (Å²) in [4.78, 5) is 23.8. The molecule has 0 atom stereocenters. The lowest BCUT2D eigenvalue weighted by Crippen LogP contribution is -2.27. The minimum atomic E-state index is -0.342. The maximum atomic E-state index is 12.0. The van der Waals surface area contributed by atoms with Crippen LogP contribution in [0.5, 0.6) is 0 Å². The molecule has 2 aromatic carbocycles. The summed E-state index contributed by atoms with van der Waals surface area (Å²) in [5.74, 6) is 5.85. The molecule has 0 saturated carbocycles. The van der Waals surface area contributed by atoms with Crippen LogP contribution in [0.25, 0.3) is 0 Å². The molecule has 0 aliphatic carbocycles. The van der Waals surface area contributed by atoms with Gasteiger partial charge < -0.3 is 15.1 Å². The van der Waals surface area contributed by atoms with E-state index in [1.165, 1.54) is 6.26 Å². The van der Waals surface area contributed by atoms with Gasteiger partial charge in [-0.05, 0) is 42.5 Å². The maximum Gasteiger partial charge on any atom is 0.286 e. The van der Waals surface area contributed by atoms with Crippen LogP contribution in [0, 0.1) is 11.8 Å². The molecule has 0 saturated heterocycles. The second-order valence-corrected chi connectivity index (χ2v) is 5.73. The van der Waals surface area contributed by atoms with Crippen molar-refractivity contribution >= 4 is 17.5 Å². The molecule has 0 spiro atoms. The molecule has 2 N–H and O–H groups in total. The van der Waals surface area contributed by atoms with Crippen molar-refractivity contribution in [3.05, 3.63) is 89.9 Å². The number of carbonyl (C=O) groups is 2. The first-order valence-corrected chi connectivity index (χ1v) is 8.49. The van der Waals surface area contributed by atoms with Crippen LogP contribution < -0.4 is 10.6 Å². The number of anilines is 1. The SMILES string of the molecule is O=C(CCNC(=O)c1ccco1)Nc1cccc(C#Cc2ccccc2)c1. The highest BCUT2D eigenvalue weighted by atomic mass is 16.3. The standard InChI is InChI=1S/C22H18N2O3/c25-21(13-14-23-22(26)20-10-5-15-27-20)24-19-9-4-8-18(16-19)12-11-17-6-2-1-3-7-17/h1-10,15-16H,13-14H2,(H,23,26)(H,24,25). The summed E-state index contributed by atoms with van der Waals surface area (Å²) in [6.07, 6.45) is 1.58. The van der Waals surface area contributed by atoms with Crippen LogP contribution in [0.15, 0.2) is 77.4 Å². The summed E-state index contributed by atoms with van der Waals surface area (Å²) in [5, 5.41) is 5.44. The predicted molar refractivity (Wildman–Crippen MR) is 103 cm³/mol. The summed E-state index contributed by atoms with van der Waals surface area (Å²) in [5.41, 5.74) is 2.40. The van der Waals surface area contributed by atoms with Gasteiger partial charge in [0.2, 0.25) is 5.91 Å². The number of benzene rings is 2. The van der Waals surface area contributed by atoms with Gasteiger partial charge >= 0.3 is 0 Å². The third-order valence-corrected chi connectivity index (χ3v) is 3.65. The van der Waals surface area contributed by atoms with E-state index in [1.807, 2.05) is 48.5 Å². The maximum absolute atomic E-state index is 12.0. The number of hydrogen-bond acceptors (Lipinski definition) is 3. The minimum absolute atomic E-state index is 0.159. The van der Waals surface area contributed by atoms with Crippen molar-refractivity contribution in [3.8, 4) is 11.8 Å².